The number of rotatable bonds is 4. The van der Waals surface area contributed by atoms with Gasteiger partial charge in [0.05, 0.1) is 16.4 Å². The van der Waals surface area contributed by atoms with Crippen molar-refractivity contribution in [3.63, 3.8) is 0 Å². The van der Waals surface area contributed by atoms with Crippen molar-refractivity contribution in [1.29, 1.82) is 0 Å². The summed E-state index contributed by atoms with van der Waals surface area (Å²) in [5.41, 5.74) is -0.261. The van der Waals surface area contributed by atoms with Crippen LogP contribution in [0.3, 0.4) is 0 Å². The third kappa shape index (κ3) is 4.15. The van der Waals surface area contributed by atoms with Gasteiger partial charge in [-0.1, -0.05) is 0 Å². The summed E-state index contributed by atoms with van der Waals surface area (Å²) in [6.45, 7) is 0.480. The molecule has 1 fully saturated rings. The van der Waals surface area contributed by atoms with Crippen LogP contribution in [0.5, 0.6) is 11.5 Å². The molecule has 3 heterocycles. The van der Waals surface area contributed by atoms with Gasteiger partial charge in [0.1, 0.15) is 0 Å². The topological polar surface area (TPSA) is 94.8 Å². The Labute approximate surface area is 187 Å². The van der Waals surface area contributed by atoms with E-state index < -0.39 is 21.8 Å². The summed E-state index contributed by atoms with van der Waals surface area (Å²) < 4.78 is 82.1. The number of sulfonamides is 1. The minimum absolute atomic E-state index is 0.0894. The van der Waals surface area contributed by atoms with Crippen molar-refractivity contribution in [1.82, 2.24) is 14.5 Å². The third-order valence-electron chi connectivity index (χ3n) is 5.61. The Bertz CT molecular complexity index is 1280. The van der Waals surface area contributed by atoms with Gasteiger partial charge in [0.25, 0.3) is 0 Å². The number of alkyl halides is 3. The van der Waals surface area contributed by atoms with Crippen molar-refractivity contribution in [3.05, 3.63) is 53.9 Å². The maximum atomic E-state index is 13.0. The fraction of sp³-hybridized carbons (Fsp3) is 0.333. The fourth-order valence-corrected chi connectivity index (χ4v) is 5.40. The van der Waals surface area contributed by atoms with Crippen LogP contribution in [0, 0.1) is 0 Å². The standard InChI is InChI=1S/C21H18F3N3O5S/c22-21(23,24)15-4-6-16(7-5-15)33(28,29)27-9-1-2-14(11-27)20-26-25-19(32-20)13-3-8-17-18(10-13)31-12-30-17/h3-8,10,14H,1-2,9,11-12H2. The summed E-state index contributed by atoms with van der Waals surface area (Å²) in [6, 6.07) is 8.71. The van der Waals surface area contributed by atoms with Crippen LogP contribution < -0.4 is 9.47 Å². The summed E-state index contributed by atoms with van der Waals surface area (Å²) in [7, 11) is -3.97. The highest BCUT2D eigenvalue weighted by molar-refractivity contribution is 7.89. The van der Waals surface area contributed by atoms with Gasteiger partial charge < -0.3 is 13.9 Å². The number of fused-ring (bicyclic) bond motifs is 1. The van der Waals surface area contributed by atoms with E-state index in [2.05, 4.69) is 10.2 Å². The Morgan fingerprint density at radius 1 is 1.00 bits per heavy atom. The van der Waals surface area contributed by atoms with Crippen molar-refractivity contribution >= 4 is 10.0 Å². The molecule has 8 nitrogen and oxygen atoms in total. The number of ether oxygens (including phenoxy) is 2. The number of halogens is 3. The number of aromatic nitrogens is 2. The Balaban J connectivity index is 1.34. The van der Waals surface area contributed by atoms with Gasteiger partial charge in [0.15, 0.2) is 11.5 Å². The minimum atomic E-state index is -4.54. The second-order valence-corrected chi connectivity index (χ2v) is 9.68. The Morgan fingerprint density at radius 3 is 2.52 bits per heavy atom. The van der Waals surface area contributed by atoms with Crippen LogP contribution in [-0.4, -0.2) is 42.8 Å². The zero-order valence-corrected chi connectivity index (χ0v) is 17.9. The first-order chi connectivity index (χ1) is 15.7. The SMILES string of the molecule is O=S(=O)(c1ccc(C(F)(F)F)cc1)N1CCCC(c2nnc(-c3ccc4c(c3)OCO4)o2)C1. The molecule has 2 aromatic carbocycles. The van der Waals surface area contributed by atoms with Gasteiger partial charge in [-0.2, -0.15) is 17.5 Å². The van der Waals surface area contributed by atoms with Gasteiger partial charge >= 0.3 is 6.18 Å². The lowest BCUT2D eigenvalue weighted by atomic mass is 10.00. The van der Waals surface area contributed by atoms with E-state index in [-0.39, 0.29) is 36.6 Å². The smallest absolute Gasteiger partial charge is 0.416 e. The molecule has 33 heavy (non-hydrogen) atoms. The number of hydrogen-bond donors (Lipinski definition) is 0. The van der Waals surface area contributed by atoms with E-state index in [1.54, 1.807) is 18.2 Å². The van der Waals surface area contributed by atoms with E-state index in [0.29, 0.717) is 35.8 Å². The van der Waals surface area contributed by atoms with E-state index in [1.807, 2.05) is 0 Å². The van der Waals surface area contributed by atoms with Crippen molar-refractivity contribution in [2.75, 3.05) is 19.9 Å². The molecule has 1 unspecified atom stereocenters. The number of hydrogen-bond acceptors (Lipinski definition) is 7. The van der Waals surface area contributed by atoms with Crippen molar-refractivity contribution < 1.29 is 35.5 Å². The molecule has 0 aliphatic carbocycles. The van der Waals surface area contributed by atoms with Crippen LogP contribution in [-0.2, 0) is 16.2 Å². The quantitative estimate of drug-likeness (QED) is 0.555. The molecule has 174 valence electrons. The van der Waals surface area contributed by atoms with E-state index in [1.165, 1.54) is 4.31 Å². The van der Waals surface area contributed by atoms with Gasteiger partial charge in [0, 0.05) is 18.7 Å². The molecule has 0 saturated carbocycles. The van der Waals surface area contributed by atoms with E-state index in [9.17, 15) is 21.6 Å². The first-order valence-electron chi connectivity index (χ1n) is 10.1. The van der Waals surface area contributed by atoms with Gasteiger partial charge in [0.2, 0.25) is 28.6 Å². The second kappa shape index (κ2) is 8.03. The molecule has 0 radical (unpaired) electrons. The van der Waals surface area contributed by atoms with Crippen LogP contribution in [0.1, 0.15) is 30.2 Å². The maximum Gasteiger partial charge on any atom is 0.416 e. The molecular formula is C21H18F3N3O5S. The summed E-state index contributed by atoms with van der Waals surface area (Å²) in [6.07, 6.45) is -3.35. The van der Waals surface area contributed by atoms with Gasteiger partial charge in [-0.25, -0.2) is 8.42 Å². The first kappa shape index (κ1) is 21.7. The Hall–Kier alpha value is -3.12. The molecule has 0 amide bonds. The summed E-state index contributed by atoms with van der Waals surface area (Å²) in [4.78, 5) is -0.192. The molecule has 1 aromatic heterocycles. The Kier molecular flexibility index (Phi) is 5.28. The minimum Gasteiger partial charge on any atom is -0.454 e. The molecule has 1 saturated heterocycles. The number of nitrogens with zero attached hydrogens (tertiary/aromatic N) is 3. The third-order valence-corrected chi connectivity index (χ3v) is 7.49. The molecule has 0 bridgehead atoms. The molecule has 0 N–H and O–H groups in total. The second-order valence-electron chi connectivity index (χ2n) is 7.74. The van der Waals surface area contributed by atoms with Crippen LogP contribution in [0.2, 0.25) is 0 Å². The predicted molar refractivity (Wildman–Crippen MR) is 108 cm³/mol. The normalized spacial score (nSPS) is 19.1. The predicted octanol–water partition coefficient (Wildman–Crippen LogP) is 4.05. The van der Waals surface area contributed by atoms with E-state index in [4.69, 9.17) is 13.9 Å². The zero-order chi connectivity index (χ0) is 23.2. The number of piperidine rings is 1. The van der Waals surface area contributed by atoms with Crippen LogP contribution in [0.15, 0.2) is 51.8 Å². The lowest BCUT2D eigenvalue weighted by molar-refractivity contribution is -0.137. The molecule has 0 spiro atoms. The molecule has 12 heteroatoms. The monoisotopic (exact) mass is 481 g/mol. The first-order valence-corrected chi connectivity index (χ1v) is 11.6. The molecule has 1 atom stereocenters. The largest absolute Gasteiger partial charge is 0.454 e. The van der Waals surface area contributed by atoms with Crippen molar-refractivity contribution in [2.24, 2.45) is 0 Å². The molecule has 2 aliphatic heterocycles. The molecule has 3 aromatic rings. The molecule has 5 rings (SSSR count). The highest BCUT2D eigenvalue weighted by Crippen LogP contribution is 2.37. The molecular weight excluding hydrogens is 463 g/mol. The fourth-order valence-electron chi connectivity index (χ4n) is 3.87. The lowest BCUT2D eigenvalue weighted by Crippen LogP contribution is -2.39. The summed E-state index contributed by atoms with van der Waals surface area (Å²) in [5, 5.41) is 8.18. The number of benzene rings is 2. The van der Waals surface area contributed by atoms with E-state index >= 15 is 0 Å². The lowest BCUT2D eigenvalue weighted by Gasteiger charge is -2.30. The van der Waals surface area contributed by atoms with Gasteiger partial charge in [-0.3, -0.25) is 0 Å². The van der Waals surface area contributed by atoms with E-state index in [0.717, 1.165) is 24.3 Å². The highest BCUT2D eigenvalue weighted by atomic mass is 32.2. The van der Waals surface area contributed by atoms with Crippen LogP contribution >= 0.6 is 0 Å². The highest BCUT2D eigenvalue weighted by Gasteiger charge is 2.35. The summed E-state index contributed by atoms with van der Waals surface area (Å²) >= 11 is 0. The van der Waals surface area contributed by atoms with Crippen LogP contribution in [0.4, 0.5) is 13.2 Å². The van der Waals surface area contributed by atoms with Gasteiger partial charge in [-0.05, 0) is 55.3 Å². The van der Waals surface area contributed by atoms with Crippen molar-refractivity contribution in [2.45, 2.75) is 29.8 Å². The van der Waals surface area contributed by atoms with Crippen LogP contribution in [0.25, 0.3) is 11.5 Å². The molecule has 2 aliphatic rings. The average molecular weight is 481 g/mol. The Morgan fingerprint density at radius 2 is 1.76 bits per heavy atom. The van der Waals surface area contributed by atoms with Crippen molar-refractivity contribution in [3.8, 4) is 23.0 Å². The summed E-state index contributed by atoms with van der Waals surface area (Å²) in [5.74, 6) is 1.42. The average Bonchev–Trinajstić information content (AvgIpc) is 3.48. The van der Waals surface area contributed by atoms with Gasteiger partial charge in [-0.15, -0.1) is 10.2 Å². The zero-order valence-electron chi connectivity index (χ0n) is 17.1. The maximum absolute atomic E-state index is 13.0.